The van der Waals surface area contributed by atoms with Gasteiger partial charge in [-0.25, -0.2) is 13.6 Å². The van der Waals surface area contributed by atoms with Crippen LogP contribution in [0, 0.1) is 11.6 Å². The van der Waals surface area contributed by atoms with Crippen molar-refractivity contribution < 1.29 is 28.6 Å². The average molecular weight is 259 g/mol. The van der Waals surface area contributed by atoms with E-state index in [4.69, 9.17) is 10.2 Å². The van der Waals surface area contributed by atoms with Gasteiger partial charge in [-0.15, -0.1) is 0 Å². The summed E-state index contributed by atoms with van der Waals surface area (Å²) in [6.45, 7) is -0.475. The van der Waals surface area contributed by atoms with Gasteiger partial charge in [-0.3, -0.25) is 4.79 Å². The number of hydrogen-bond acceptors (Lipinski definition) is 3. The van der Waals surface area contributed by atoms with Crippen LogP contribution in [-0.4, -0.2) is 34.7 Å². The van der Waals surface area contributed by atoms with Crippen LogP contribution in [0.25, 0.3) is 0 Å². The first-order valence-corrected chi connectivity index (χ1v) is 5.06. The maximum Gasteiger partial charge on any atom is 0.326 e. The molecule has 0 aromatic heterocycles. The Morgan fingerprint density at radius 3 is 2.28 bits per heavy atom. The van der Waals surface area contributed by atoms with Crippen molar-refractivity contribution in [2.75, 3.05) is 6.61 Å². The van der Waals surface area contributed by atoms with Crippen molar-refractivity contribution in [3.63, 3.8) is 0 Å². The smallest absolute Gasteiger partial charge is 0.326 e. The first-order chi connectivity index (χ1) is 8.47. The highest BCUT2D eigenvalue weighted by Gasteiger charge is 2.23. The SMILES string of the molecule is O=C(N[C@H](CCO)C(=O)O)c1c(F)cccc1F. The maximum absolute atomic E-state index is 13.2. The Bertz CT molecular complexity index is 444. The van der Waals surface area contributed by atoms with E-state index in [-0.39, 0.29) is 6.42 Å². The molecule has 0 saturated carbocycles. The van der Waals surface area contributed by atoms with Crippen LogP contribution in [0.15, 0.2) is 18.2 Å². The summed E-state index contributed by atoms with van der Waals surface area (Å²) in [5.41, 5.74) is -0.846. The van der Waals surface area contributed by atoms with E-state index in [1.54, 1.807) is 0 Å². The molecule has 18 heavy (non-hydrogen) atoms. The Balaban J connectivity index is 2.90. The van der Waals surface area contributed by atoms with Crippen LogP contribution >= 0.6 is 0 Å². The number of carbonyl (C=O) groups is 2. The second kappa shape index (κ2) is 6.06. The highest BCUT2D eigenvalue weighted by Crippen LogP contribution is 2.12. The topological polar surface area (TPSA) is 86.6 Å². The summed E-state index contributed by atoms with van der Waals surface area (Å²) < 4.78 is 26.5. The lowest BCUT2D eigenvalue weighted by Gasteiger charge is -2.13. The molecule has 0 spiro atoms. The molecular weight excluding hydrogens is 248 g/mol. The van der Waals surface area contributed by atoms with Crippen LogP contribution in [0.2, 0.25) is 0 Å². The monoisotopic (exact) mass is 259 g/mol. The zero-order chi connectivity index (χ0) is 13.7. The molecule has 1 amide bonds. The summed E-state index contributed by atoms with van der Waals surface area (Å²) in [4.78, 5) is 22.3. The number of rotatable bonds is 5. The first-order valence-electron chi connectivity index (χ1n) is 5.06. The van der Waals surface area contributed by atoms with E-state index in [1.807, 2.05) is 5.32 Å². The number of nitrogens with one attached hydrogen (secondary N) is 1. The number of hydrogen-bond donors (Lipinski definition) is 3. The molecule has 0 aliphatic carbocycles. The van der Waals surface area contributed by atoms with E-state index in [2.05, 4.69) is 0 Å². The second-order valence-corrected chi connectivity index (χ2v) is 3.47. The van der Waals surface area contributed by atoms with E-state index < -0.39 is 41.7 Å². The predicted octanol–water partition coefficient (Wildman–Crippen LogP) is 0.530. The molecule has 5 nitrogen and oxygen atoms in total. The maximum atomic E-state index is 13.2. The Morgan fingerprint density at radius 1 is 1.28 bits per heavy atom. The number of carbonyl (C=O) groups excluding carboxylic acids is 1. The lowest BCUT2D eigenvalue weighted by Crippen LogP contribution is -2.42. The highest BCUT2D eigenvalue weighted by atomic mass is 19.1. The van der Waals surface area contributed by atoms with Crippen LogP contribution in [0.5, 0.6) is 0 Å². The minimum atomic E-state index is -1.40. The molecule has 0 saturated heterocycles. The molecule has 0 heterocycles. The van der Waals surface area contributed by atoms with Gasteiger partial charge >= 0.3 is 5.97 Å². The minimum Gasteiger partial charge on any atom is -0.480 e. The fraction of sp³-hybridized carbons (Fsp3) is 0.273. The third-order valence-corrected chi connectivity index (χ3v) is 2.21. The summed E-state index contributed by atoms with van der Waals surface area (Å²) in [7, 11) is 0. The van der Waals surface area contributed by atoms with Crippen LogP contribution < -0.4 is 5.32 Å². The lowest BCUT2D eigenvalue weighted by molar-refractivity contribution is -0.139. The Kier molecular flexibility index (Phi) is 4.73. The Hall–Kier alpha value is -2.02. The van der Waals surface area contributed by atoms with Crippen molar-refractivity contribution in [3.8, 4) is 0 Å². The Labute approximate surface area is 101 Å². The van der Waals surface area contributed by atoms with Gasteiger partial charge < -0.3 is 15.5 Å². The molecular formula is C11H11F2NO4. The molecule has 0 fully saturated rings. The number of carboxylic acid groups (broad SMARTS) is 1. The normalized spacial score (nSPS) is 11.9. The molecule has 0 bridgehead atoms. The molecule has 7 heteroatoms. The van der Waals surface area contributed by atoms with Crippen molar-refractivity contribution in [2.24, 2.45) is 0 Å². The van der Waals surface area contributed by atoms with Gasteiger partial charge in [-0.05, 0) is 12.1 Å². The molecule has 1 aromatic rings. The molecule has 1 aromatic carbocycles. The fourth-order valence-corrected chi connectivity index (χ4v) is 1.33. The molecule has 0 radical (unpaired) electrons. The number of benzene rings is 1. The summed E-state index contributed by atoms with van der Waals surface area (Å²) in [6, 6.07) is 1.46. The first kappa shape index (κ1) is 14.0. The number of aliphatic carboxylic acids is 1. The van der Waals surface area contributed by atoms with Crippen molar-refractivity contribution in [3.05, 3.63) is 35.4 Å². The van der Waals surface area contributed by atoms with Gasteiger partial charge in [0.25, 0.3) is 5.91 Å². The van der Waals surface area contributed by atoms with Gasteiger partial charge in [-0.2, -0.15) is 0 Å². The predicted molar refractivity (Wildman–Crippen MR) is 57.0 cm³/mol. The largest absolute Gasteiger partial charge is 0.480 e. The number of aliphatic hydroxyl groups excluding tert-OH is 1. The van der Waals surface area contributed by atoms with E-state index in [0.717, 1.165) is 18.2 Å². The van der Waals surface area contributed by atoms with E-state index in [1.165, 1.54) is 0 Å². The van der Waals surface area contributed by atoms with Crippen molar-refractivity contribution >= 4 is 11.9 Å². The van der Waals surface area contributed by atoms with Crippen molar-refractivity contribution in [2.45, 2.75) is 12.5 Å². The van der Waals surface area contributed by atoms with Gasteiger partial charge in [0.15, 0.2) is 0 Å². The van der Waals surface area contributed by atoms with Crippen LogP contribution in [0.4, 0.5) is 8.78 Å². The fourth-order valence-electron chi connectivity index (χ4n) is 1.33. The summed E-state index contributed by atoms with van der Waals surface area (Å²) >= 11 is 0. The van der Waals surface area contributed by atoms with Gasteiger partial charge in [0.05, 0.1) is 0 Å². The highest BCUT2D eigenvalue weighted by molar-refractivity contribution is 5.97. The molecule has 1 rings (SSSR count). The average Bonchev–Trinajstić information content (AvgIpc) is 2.28. The lowest BCUT2D eigenvalue weighted by atomic mass is 10.1. The molecule has 98 valence electrons. The second-order valence-electron chi connectivity index (χ2n) is 3.47. The van der Waals surface area contributed by atoms with Crippen molar-refractivity contribution in [1.82, 2.24) is 5.32 Å². The van der Waals surface area contributed by atoms with Gasteiger partial charge in [0.2, 0.25) is 0 Å². The van der Waals surface area contributed by atoms with E-state index in [0.29, 0.717) is 0 Å². The zero-order valence-electron chi connectivity index (χ0n) is 9.19. The molecule has 0 aliphatic heterocycles. The number of amides is 1. The number of aliphatic hydroxyl groups is 1. The van der Waals surface area contributed by atoms with E-state index >= 15 is 0 Å². The zero-order valence-corrected chi connectivity index (χ0v) is 9.19. The number of halogens is 2. The van der Waals surface area contributed by atoms with E-state index in [9.17, 15) is 18.4 Å². The van der Waals surface area contributed by atoms with Crippen LogP contribution in [0.3, 0.4) is 0 Å². The molecule has 1 atom stereocenters. The molecule has 0 aliphatic rings. The number of carboxylic acids is 1. The summed E-state index contributed by atoms with van der Waals surface area (Å²) in [6.07, 6.45) is -0.253. The summed E-state index contributed by atoms with van der Waals surface area (Å²) in [5.74, 6) is -4.73. The van der Waals surface area contributed by atoms with Crippen molar-refractivity contribution in [1.29, 1.82) is 0 Å². The molecule has 3 N–H and O–H groups in total. The third-order valence-electron chi connectivity index (χ3n) is 2.21. The molecule has 0 unspecified atom stereocenters. The van der Waals surface area contributed by atoms with Crippen LogP contribution in [0.1, 0.15) is 16.8 Å². The minimum absolute atomic E-state index is 0.253. The quantitative estimate of drug-likeness (QED) is 0.720. The summed E-state index contributed by atoms with van der Waals surface area (Å²) in [5, 5.41) is 19.3. The van der Waals surface area contributed by atoms with Gasteiger partial charge in [-0.1, -0.05) is 6.07 Å². The van der Waals surface area contributed by atoms with Gasteiger partial charge in [0, 0.05) is 13.0 Å². The third kappa shape index (κ3) is 3.24. The van der Waals surface area contributed by atoms with Gasteiger partial charge in [0.1, 0.15) is 23.2 Å². The van der Waals surface area contributed by atoms with Crippen LogP contribution in [-0.2, 0) is 4.79 Å². The Morgan fingerprint density at radius 2 is 1.83 bits per heavy atom. The standard InChI is InChI=1S/C11H11F2NO4/c12-6-2-1-3-7(13)9(6)10(16)14-8(4-5-15)11(17)18/h1-3,8,15H,4-5H2,(H,14,16)(H,17,18)/t8-/m1/s1.